The monoisotopic (exact) mass is 370 g/mol. The van der Waals surface area contributed by atoms with Gasteiger partial charge in [-0.3, -0.25) is 4.79 Å². The highest BCUT2D eigenvalue weighted by atomic mass is 16.1. The number of nitrogens with zero attached hydrogens (tertiary/aromatic N) is 6. The van der Waals surface area contributed by atoms with Gasteiger partial charge in [-0.05, 0) is 24.8 Å². The molecular formula is C20H30N6O. The van der Waals surface area contributed by atoms with Gasteiger partial charge in [-0.1, -0.05) is 20.8 Å². The van der Waals surface area contributed by atoms with E-state index in [1.807, 2.05) is 31.1 Å². The van der Waals surface area contributed by atoms with Crippen LogP contribution < -0.4 is 15.4 Å². The van der Waals surface area contributed by atoms with Crippen LogP contribution in [0.15, 0.2) is 29.3 Å². The highest BCUT2D eigenvalue weighted by molar-refractivity contribution is 5.49. The third-order valence-electron chi connectivity index (χ3n) is 5.10. The Morgan fingerprint density at radius 3 is 2.48 bits per heavy atom. The molecule has 1 aliphatic rings. The summed E-state index contributed by atoms with van der Waals surface area (Å²) in [7, 11) is 3.96. The summed E-state index contributed by atoms with van der Waals surface area (Å²) in [6.07, 6.45) is 3.67. The second-order valence-corrected chi connectivity index (χ2v) is 8.55. The van der Waals surface area contributed by atoms with E-state index >= 15 is 0 Å². The van der Waals surface area contributed by atoms with E-state index in [2.05, 4.69) is 40.7 Å². The van der Waals surface area contributed by atoms with Gasteiger partial charge in [-0.25, -0.2) is 14.6 Å². The van der Waals surface area contributed by atoms with Crippen molar-refractivity contribution in [3.05, 3.63) is 40.6 Å². The molecule has 0 atom stereocenters. The van der Waals surface area contributed by atoms with Crippen LogP contribution in [0.5, 0.6) is 0 Å². The SMILES string of the molecule is CN(C)c1cc(N2CCC(Cn3nc(C(C)(C)C)ccc3=O)CC2)ncn1. The van der Waals surface area contributed by atoms with Gasteiger partial charge >= 0.3 is 0 Å². The summed E-state index contributed by atoms with van der Waals surface area (Å²) in [6.45, 7) is 8.90. The van der Waals surface area contributed by atoms with Crippen molar-refractivity contribution in [3.8, 4) is 0 Å². The summed E-state index contributed by atoms with van der Waals surface area (Å²) >= 11 is 0. The molecule has 27 heavy (non-hydrogen) atoms. The fraction of sp³-hybridized carbons (Fsp3) is 0.600. The average Bonchev–Trinajstić information content (AvgIpc) is 2.63. The Bertz CT molecular complexity index is 831. The maximum atomic E-state index is 12.2. The molecule has 2 aromatic heterocycles. The lowest BCUT2D eigenvalue weighted by Crippen LogP contribution is -2.37. The molecule has 1 aliphatic heterocycles. The van der Waals surface area contributed by atoms with Crippen LogP contribution in [0, 0.1) is 5.92 Å². The lowest BCUT2D eigenvalue weighted by Gasteiger charge is -2.33. The van der Waals surface area contributed by atoms with Gasteiger partial charge < -0.3 is 9.80 Å². The second kappa shape index (κ2) is 7.66. The fourth-order valence-electron chi connectivity index (χ4n) is 3.32. The molecule has 0 aromatic carbocycles. The van der Waals surface area contributed by atoms with Crippen LogP contribution in [0.4, 0.5) is 11.6 Å². The number of rotatable bonds is 4. The Balaban J connectivity index is 1.65. The first-order valence-electron chi connectivity index (χ1n) is 9.57. The molecule has 3 rings (SSSR count). The van der Waals surface area contributed by atoms with Crippen molar-refractivity contribution in [3.63, 3.8) is 0 Å². The summed E-state index contributed by atoms with van der Waals surface area (Å²) in [6, 6.07) is 5.52. The maximum Gasteiger partial charge on any atom is 0.266 e. The number of aromatic nitrogens is 4. The van der Waals surface area contributed by atoms with Crippen molar-refractivity contribution in [1.82, 2.24) is 19.7 Å². The molecule has 0 aliphatic carbocycles. The zero-order chi connectivity index (χ0) is 19.6. The van der Waals surface area contributed by atoms with Crippen molar-refractivity contribution in [2.24, 2.45) is 5.92 Å². The number of hydrogen-bond donors (Lipinski definition) is 0. The molecule has 3 heterocycles. The smallest absolute Gasteiger partial charge is 0.266 e. The summed E-state index contributed by atoms with van der Waals surface area (Å²) in [5.41, 5.74) is 0.879. The minimum absolute atomic E-state index is 0.0168. The average molecular weight is 371 g/mol. The van der Waals surface area contributed by atoms with Crippen LogP contribution in [-0.2, 0) is 12.0 Å². The van der Waals surface area contributed by atoms with Crippen LogP contribution in [0.1, 0.15) is 39.3 Å². The topological polar surface area (TPSA) is 67.2 Å². The standard InChI is InChI=1S/C20H30N6O/c1-20(2,3)16-6-7-19(27)26(23-16)13-15-8-10-25(11-9-15)18-12-17(24(4)5)21-14-22-18/h6-7,12,14-15H,8-11,13H2,1-5H3. The molecule has 0 unspecified atom stereocenters. The van der Waals surface area contributed by atoms with E-state index in [9.17, 15) is 4.79 Å². The van der Waals surface area contributed by atoms with Gasteiger partial charge in [0.2, 0.25) is 0 Å². The van der Waals surface area contributed by atoms with Gasteiger partial charge in [0, 0.05) is 51.3 Å². The third kappa shape index (κ3) is 4.64. The van der Waals surface area contributed by atoms with Crippen molar-refractivity contribution in [2.45, 2.75) is 45.6 Å². The van der Waals surface area contributed by atoms with E-state index in [4.69, 9.17) is 0 Å². The minimum atomic E-state index is -0.0595. The molecule has 7 nitrogen and oxygen atoms in total. The minimum Gasteiger partial charge on any atom is -0.363 e. The molecule has 0 radical (unpaired) electrons. The van der Waals surface area contributed by atoms with Gasteiger partial charge in [-0.15, -0.1) is 0 Å². The fourth-order valence-corrected chi connectivity index (χ4v) is 3.32. The first-order chi connectivity index (χ1) is 12.7. The lowest BCUT2D eigenvalue weighted by molar-refractivity contribution is 0.329. The summed E-state index contributed by atoms with van der Waals surface area (Å²) < 4.78 is 1.65. The normalized spacial score (nSPS) is 15.8. The zero-order valence-electron chi connectivity index (χ0n) is 17.0. The zero-order valence-corrected chi connectivity index (χ0v) is 17.0. The number of anilines is 2. The molecule has 0 saturated carbocycles. The van der Waals surface area contributed by atoms with Crippen LogP contribution in [0.3, 0.4) is 0 Å². The van der Waals surface area contributed by atoms with Crippen LogP contribution in [0.25, 0.3) is 0 Å². The number of piperidine rings is 1. The molecule has 1 fully saturated rings. The first kappa shape index (κ1) is 19.3. The van der Waals surface area contributed by atoms with E-state index in [1.54, 1.807) is 17.1 Å². The quantitative estimate of drug-likeness (QED) is 0.823. The second-order valence-electron chi connectivity index (χ2n) is 8.55. The summed E-state index contributed by atoms with van der Waals surface area (Å²) in [5, 5.41) is 4.61. The molecule has 0 N–H and O–H groups in total. The van der Waals surface area contributed by atoms with Crippen molar-refractivity contribution < 1.29 is 0 Å². The van der Waals surface area contributed by atoms with Crippen molar-refractivity contribution >= 4 is 11.6 Å². The number of hydrogen-bond acceptors (Lipinski definition) is 6. The van der Waals surface area contributed by atoms with Crippen LogP contribution in [-0.4, -0.2) is 46.9 Å². The Labute approximate surface area is 161 Å². The van der Waals surface area contributed by atoms with Crippen molar-refractivity contribution in [2.75, 3.05) is 37.0 Å². The van der Waals surface area contributed by atoms with Gasteiger partial charge in [0.05, 0.1) is 5.69 Å². The molecule has 0 amide bonds. The van der Waals surface area contributed by atoms with Crippen LogP contribution in [0.2, 0.25) is 0 Å². The molecule has 2 aromatic rings. The Kier molecular flexibility index (Phi) is 5.48. The molecule has 1 saturated heterocycles. The van der Waals surface area contributed by atoms with Crippen molar-refractivity contribution in [1.29, 1.82) is 0 Å². The van der Waals surface area contributed by atoms with E-state index in [0.717, 1.165) is 43.3 Å². The van der Waals surface area contributed by atoms with Gasteiger partial charge in [0.15, 0.2) is 0 Å². The lowest BCUT2D eigenvalue weighted by atomic mass is 9.92. The first-order valence-corrected chi connectivity index (χ1v) is 9.57. The van der Waals surface area contributed by atoms with Gasteiger partial charge in [-0.2, -0.15) is 5.10 Å². The maximum absolute atomic E-state index is 12.2. The van der Waals surface area contributed by atoms with Gasteiger partial charge in [0.25, 0.3) is 5.56 Å². The molecule has 0 spiro atoms. The highest BCUT2D eigenvalue weighted by Gasteiger charge is 2.23. The largest absolute Gasteiger partial charge is 0.363 e. The van der Waals surface area contributed by atoms with Crippen LogP contribution >= 0.6 is 0 Å². The molecular weight excluding hydrogens is 340 g/mol. The Morgan fingerprint density at radius 2 is 1.85 bits per heavy atom. The molecule has 146 valence electrons. The predicted octanol–water partition coefficient (Wildman–Crippen LogP) is 2.31. The third-order valence-corrected chi connectivity index (χ3v) is 5.10. The van der Waals surface area contributed by atoms with E-state index < -0.39 is 0 Å². The predicted molar refractivity (Wildman–Crippen MR) is 108 cm³/mol. The summed E-state index contributed by atoms with van der Waals surface area (Å²) in [4.78, 5) is 25.2. The van der Waals surface area contributed by atoms with E-state index in [-0.39, 0.29) is 11.0 Å². The Morgan fingerprint density at radius 1 is 1.15 bits per heavy atom. The van der Waals surface area contributed by atoms with E-state index in [0.29, 0.717) is 12.5 Å². The highest BCUT2D eigenvalue weighted by Crippen LogP contribution is 2.24. The Hall–Kier alpha value is -2.44. The molecule has 0 bridgehead atoms. The van der Waals surface area contributed by atoms with Gasteiger partial charge in [0.1, 0.15) is 18.0 Å². The molecule has 7 heteroatoms. The summed E-state index contributed by atoms with van der Waals surface area (Å²) in [5.74, 6) is 2.34. The van der Waals surface area contributed by atoms with E-state index in [1.165, 1.54) is 0 Å².